The maximum atomic E-state index is 2.58. The third kappa shape index (κ3) is 11.0. The first-order chi connectivity index (χ1) is 17.8. The maximum Gasteiger partial charge on any atom is -0.0386 e. The molecule has 0 nitrogen and oxygen atoms in total. The minimum Gasteiger partial charge on any atom is -0.0654 e. The molecule has 0 N–H and O–H groups in total. The van der Waals surface area contributed by atoms with Gasteiger partial charge in [-0.25, -0.2) is 0 Å². The molecule has 39 heavy (non-hydrogen) atoms. The zero-order chi connectivity index (χ0) is 30.9. The fourth-order valence-corrected chi connectivity index (χ4v) is 8.46. The largest absolute Gasteiger partial charge is 0.0654 e. The van der Waals surface area contributed by atoms with E-state index in [0.717, 1.165) is 101 Å². The summed E-state index contributed by atoms with van der Waals surface area (Å²) in [6.07, 6.45) is 4.04. The zero-order valence-electron chi connectivity index (χ0n) is 30.9. The first kappa shape index (κ1) is 39.0. The zero-order valence-corrected chi connectivity index (χ0v) is 30.9. The Bertz CT molecular complexity index is 620. The van der Waals surface area contributed by atoms with Gasteiger partial charge < -0.3 is 0 Å². The van der Waals surface area contributed by atoms with Gasteiger partial charge in [0.2, 0.25) is 0 Å². The van der Waals surface area contributed by atoms with Crippen molar-refractivity contribution in [1.82, 2.24) is 0 Å². The fraction of sp³-hybridized carbons (Fsp3) is 1.00. The molecular weight excluding hydrogens is 468 g/mol. The third-order valence-corrected chi connectivity index (χ3v) is 14.2. The lowest BCUT2D eigenvalue weighted by molar-refractivity contribution is 0.0531. The molecule has 16 atom stereocenters. The van der Waals surface area contributed by atoms with Crippen LogP contribution in [0.25, 0.3) is 0 Å². The number of hydrogen-bond acceptors (Lipinski definition) is 0. The smallest absolute Gasteiger partial charge is 0.0386 e. The molecule has 0 aromatic carbocycles. The molecule has 0 radical (unpaired) electrons. The average Bonchev–Trinajstić information content (AvgIpc) is 2.90. The Morgan fingerprint density at radius 1 is 0.282 bits per heavy atom. The molecule has 0 rings (SSSR count). The van der Waals surface area contributed by atoms with Gasteiger partial charge in [-0.15, -0.1) is 0 Å². The van der Waals surface area contributed by atoms with Crippen molar-refractivity contribution < 1.29 is 0 Å². The molecule has 0 heteroatoms. The minimum absolute atomic E-state index is 0.753. The monoisotopic (exact) mass is 549 g/mol. The predicted octanol–water partition coefficient (Wildman–Crippen LogP) is 13.0. The van der Waals surface area contributed by atoms with Crippen LogP contribution in [-0.4, -0.2) is 0 Å². The molecule has 0 aliphatic carbocycles. The standard InChI is InChI=1S/C39H80/c1-20-21-24(4)26(6)28(8)30(10)32(12)34(14)36(16)38(18)39(19)37(17)35(15)33(13)31(11)29(9)27(7)25(5)22-23(2)3/h23-39H,20-22H2,1-19H3. The van der Waals surface area contributed by atoms with Crippen molar-refractivity contribution in [1.29, 1.82) is 0 Å². The highest BCUT2D eigenvalue weighted by Crippen LogP contribution is 2.44. The Kier molecular flexibility index (Phi) is 17.8. The maximum absolute atomic E-state index is 2.58. The molecule has 0 spiro atoms. The van der Waals surface area contributed by atoms with Gasteiger partial charge in [0.05, 0.1) is 0 Å². The normalized spacial score (nSPS) is 25.2. The van der Waals surface area contributed by atoms with Crippen molar-refractivity contribution in [3.05, 3.63) is 0 Å². The van der Waals surface area contributed by atoms with E-state index in [2.05, 4.69) is 132 Å². The van der Waals surface area contributed by atoms with Crippen molar-refractivity contribution in [2.24, 2.45) is 101 Å². The summed E-state index contributed by atoms with van der Waals surface area (Å²) in [5, 5.41) is 0. The molecular formula is C39H80. The van der Waals surface area contributed by atoms with E-state index in [1.807, 2.05) is 0 Å². The molecule has 16 unspecified atom stereocenters. The molecule has 0 saturated carbocycles. The molecule has 236 valence electrons. The van der Waals surface area contributed by atoms with E-state index in [9.17, 15) is 0 Å². The van der Waals surface area contributed by atoms with Gasteiger partial charge in [-0.2, -0.15) is 0 Å². The topological polar surface area (TPSA) is 0 Å². The minimum atomic E-state index is 0.753. The summed E-state index contributed by atoms with van der Waals surface area (Å²) in [6.45, 7) is 47.9. The predicted molar refractivity (Wildman–Crippen MR) is 181 cm³/mol. The number of hydrogen-bond donors (Lipinski definition) is 0. The Labute approximate surface area is 251 Å². The molecule has 0 amide bonds. The Morgan fingerprint density at radius 3 is 0.692 bits per heavy atom. The van der Waals surface area contributed by atoms with Crippen molar-refractivity contribution in [2.45, 2.75) is 151 Å². The van der Waals surface area contributed by atoms with Crippen molar-refractivity contribution >= 4 is 0 Å². The van der Waals surface area contributed by atoms with Crippen LogP contribution in [0.3, 0.4) is 0 Å². The van der Waals surface area contributed by atoms with Crippen molar-refractivity contribution in [3.63, 3.8) is 0 Å². The lowest BCUT2D eigenvalue weighted by Gasteiger charge is -2.43. The van der Waals surface area contributed by atoms with Crippen LogP contribution < -0.4 is 0 Å². The highest BCUT2D eigenvalue weighted by Gasteiger charge is 2.37. The van der Waals surface area contributed by atoms with Crippen LogP contribution in [0.5, 0.6) is 0 Å². The molecule has 0 aliphatic heterocycles. The van der Waals surface area contributed by atoms with Gasteiger partial charge in [0.25, 0.3) is 0 Å². The quantitative estimate of drug-likeness (QED) is 0.150. The van der Waals surface area contributed by atoms with Crippen LogP contribution in [0.4, 0.5) is 0 Å². The third-order valence-electron chi connectivity index (χ3n) is 14.2. The fourth-order valence-electron chi connectivity index (χ4n) is 8.46. The van der Waals surface area contributed by atoms with Crippen LogP contribution in [0, 0.1) is 101 Å². The van der Waals surface area contributed by atoms with Gasteiger partial charge in [0, 0.05) is 0 Å². The van der Waals surface area contributed by atoms with E-state index in [0.29, 0.717) is 0 Å². The van der Waals surface area contributed by atoms with Crippen molar-refractivity contribution in [2.75, 3.05) is 0 Å². The Balaban J connectivity index is 5.32. The summed E-state index contributed by atoms with van der Waals surface area (Å²) in [6, 6.07) is 0. The van der Waals surface area contributed by atoms with Crippen molar-refractivity contribution in [3.8, 4) is 0 Å². The van der Waals surface area contributed by atoms with E-state index in [1.54, 1.807) is 0 Å². The van der Waals surface area contributed by atoms with Crippen LogP contribution in [-0.2, 0) is 0 Å². The lowest BCUT2D eigenvalue weighted by atomic mass is 9.62. The average molecular weight is 549 g/mol. The van der Waals surface area contributed by atoms with Gasteiger partial charge in [-0.1, -0.05) is 144 Å². The first-order valence-corrected chi connectivity index (χ1v) is 17.8. The first-order valence-electron chi connectivity index (χ1n) is 17.8. The van der Waals surface area contributed by atoms with E-state index >= 15 is 0 Å². The van der Waals surface area contributed by atoms with Crippen LogP contribution in [0.2, 0.25) is 0 Å². The van der Waals surface area contributed by atoms with Gasteiger partial charge >= 0.3 is 0 Å². The van der Waals surface area contributed by atoms with Gasteiger partial charge in [0.1, 0.15) is 0 Å². The van der Waals surface area contributed by atoms with Gasteiger partial charge in [-0.3, -0.25) is 0 Å². The number of rotatable bonds is 19. The van der Waals surface area contributed by atoms with Gasteiger partial charge in [0.15, 0.2) is 0 Å². The molecule has 0 fully saturated rings. The highest BCUT2D eigenvalue weighted by atomic mass is 14.4. The Hall–Kier alpha value is 0. The molecule has 0 aromatic heterocycles. The molecule has 0 heterocycles. The second-order valence-corrected chi connectivity index (χ2v) is 16.4. The lowest BCUT2D eigenvalue weighted by Crippen LogP contribution is -2.37. The SMILES string of the molecule is CCCC(C)C(C)C(C)C(C)C(C)C(C)C(C)C(C)C(C)C(C)C(C)C(C)C(C)C(C)C(C)C(C)CC(C)C. The van der Waals surface area contributed by atoms with Crippen LogP contribution in [0.1, 0.15) is 151 Å². The van der Waals surface area contributed by atoms with Crippen LogP contribution >= 0.6 is 0 Å². The van der Waals surface area contributed by atoms with E-state index in [4.69, 9.17) is 0 Å². The van der Waals surface area contributed by atoms with E-state index < -0.39 is 0 Å². The van der Waals surface area contributed by atoms with Gasteiger partial charge in [-0.05, 0) is 107 Å². The highest BCUT2D eigenvalue weighted by molar-refractivity contribution is 4.86. The second-order valence-electron chi connectivity index (χ2n) is 16.4. The summed E-state index contributed by atoms with van der Waals surface area (Å²) in [5.41, 5.74) is 0. The van der Waals surface area contributed by atoms with Crippen LogP contribution in [0.15, 0.2) is 0 Å². The second kappa shape index (κ2) is 17.8. The molecule has 0 bridgehead atoms. The summed E-state index contributed by atoms with van der Waals surface area (Å²) in [4.78, 5) is 0. The van der Waals surface area contributed by atoms with E-state index in [-0.39, 0.29) is 0 Å². The Morgan fingerprint density at radius 2 is 0.487 bits per heavy atom. The molecule has 0 aliphatic rings. The summed E-state index contributed by atoms with van der Waals surface area (Å²) < 4.78 is 0. The summed E-state index contributed by atoms with van der Waals surface area (Å²) >= 11 is 0. The molecule has 0 saturated heterocycles. The summed E-state index contributed by atoms with van der Waals surface area (Å²) in [7, 11) is 0. The van der Waals surface area contributed by atoms with E-state index in [1.165, 1.54) is 19.3 Å². The molecule has 0 aromatic rings. The summed E-state index contributed by atoms with van der Waals surface area (Å²) in [5.74, 6) is 13.2.